The Labute approximate surface area is 147 Å². The predicted molar refractivity (Wildman–Crippen MR) is 98.8 cm³/mol. The van der Waals surface area contributed by atoms with Crippen molar-refractivity contribution in [1.29, 1.82) is 0 Å². The van der Waals surface area contributed by atoms with Crippen LogP contribution in [0.4, 0.5) is 0 Å². The van der Waals surface area contributed by atoms with E-state index in [0.717, 1.165) is 32.5 Å². The molecule has 1 saturated carbocycles. The normalized spacial score (nSPS) is 24.0. The fraction of sp³-hybridized carbons (Fsp3) is 0.895. The first-order chi connectivity index (χ1) is 11.5. The average molecular weight is 340 g/mol. The number of hydrogen-bond acceptors (Lipinski definition) is 3. The largest absolute Gasteiger partial charge is 0.356 e. The standard InChI is InChI=1S/C19H37N3O2/c1-5-22(6-2)14-8-13-20-18(23)11-12-19(24)21-17-10-7-9-15(3)16(17)4/h15-17H,5-14H2,1-4H3,(H,20,23)(H,21,24)/t15-,16-,17+/m0/s1. The zero-order chi connectivity index (χ0) is 17.9. The molecule has 5 nitrogen and oxygen atoms in total. The average Bonchev–Trinajstić information content (AvgIpc) is 2.57. The lowest BCUT2D eigenvalue weighted by Crippen LogP contribution is -2.44. The predicted octanol–water partition coefficient (Wildman–Crippen LogP) is 2.56. The van der Waals surface area contributed by atoms with Gasteiger partial charge >= 0.3 is 0 Å². The van der Waals surface area contributed by atoms with Crippen LogP contribution < -0.4 is 10.6 Å². The number of carbonyl (C=O) groups is 2. The molecule has 1 aliphatic carbocycles. The molecule has 1 aliphatic rings. The fourth-order valence-electron chi connectivity index (χ4n) is 3.45. The highest BCUT2D eigenvalue weighted by Crippen LogP contribution is 2.29. The number of nitrogens with one attached hydrogen (secondary N) is 2. The molecule has 3 atom stereocenters. The second kappa shape index (κ2) is 11.5. The van der Waals surface area contributed by atoms with E-state index in [1.165, 1.54) is 12.8 Å². The van der Waals surface area contributed by atoms with Crippen LogP contribution >= 0.6 is 0 Å². The van der Waals surface area contributed by atoms with E-state index in [0.29, 0.717) is 24.8 Å². The Morgan fingerprint density at radius 2 is 1.71 bits per heavy atom. The van der Waals surface area contributed by atoms with E-state index in [1.807, 2.05) is 0 Å². The summed E-state index contributed by atoms with van der Waals surface area (Å²) in [5.74, 6) is 1.18. The fourth-order valence-corrected chi connectivity index (χ4v) is 3.45. The van der Waals surface area contributed by atoms with Crippen LogP contribution in [0.1, 0.15) is 66.2 Å². The second-order valence-electron chi connectivity index (χ2n) is 7.17. The first-order valence-electron chi connectivity index (χ1n) is 9.76. The third kappa shape index (κ3) is 7.65. The molecule has 0 aromatic carbocycles. The van der Waals surface area contributed by atoms with Gasteiger partial charge in [-0.25, -0.2) is 0 Å². The number of amides is 2. The molecule has 1 fully saturated rings. The molecule has 1 rings (SSSR count). The molecule has 0 aliphatic heterocycles. The van der Waals surface area contributed by atoms with Crippen LogP contribution in [0.5, 0.6) is 0 Å². The van der Waals surface area contributed by atoms with Crippen molar-refractivity contribution in [3.05, 3.63) is 0 Å². The molecule has 0 radical (unpaired) electrons. The molecule has 0 spiro atoms. The van der Waals surface area contributed by atoms with Crippen LogP contribution in [0.2, 0.25) is 0 Å². The minimum Gasteiger partial charge on any atom is -0.356 e. The third-order valence-electron chi connectivity index (χ3n) is 5.50. The molecule has 0 unspecified atom stereocenters. The highest BCUT2D eigenvalue weighted by atomic mass is 16.2. The summed E-state index contributed by atoms with van der Waals surface area (Å²) in [4.78, 5) is 26.2. The Balaban J connectivity index is 2.14. The molecule has 140 valence electrons. The van der Waals surface area contributed by atoms with Gasteiger partial charge in [-0.2, -0.15) is 0 Å². The maximum absolute atomic E-state index is 12.1. The van der Waals surface area contributed by atoms with Gasteiger partial charge in [0.15, 0.2) is 0 Å². The van der Waals surface area contributed by atoms with Crippen molar-refractivity contribution in [1.82, 2.24) is 15.5 Å². The maximum Gasteiger partial charge on any atom is 0.220 e. The SMILES string of the molecule is CCN(CC)CCCNC(=O)CCC(=O)N[C@@H]1CCC[C@H](C)[C@@H]1C. The van der Waals surface area contributed by atoms with Crippen LogP contribution in [0.15, 0.2) is 0 Å². The van der Waals surface area contributed by atoms with E-state index in [9.17, 15) is 9.59 Å². The van der Waals surface area contributed by atoms with E-state index in [4.69, 9.17) is 0 Å². The van der Waals surface area contributed by atoms with Crippen LogP contribution in [0.25, 0.3) is 0 Å². The smallest absolute Gasteiger partial charge is 0.220 e. The highest BCUT2D eigenvalue weighted by molar-refractivity contribution is 5.83. The summed E-state index contributed by atoms with van der Waals surface area (Å²) in [6.45, 7) is 12.6. The van der Waals surface area contributed by atoms with Gasteiger partial charge in [0.2, 0.25) is 11.8 Å². The van der Waals surface area contributed by atoms with Crippen LogP contribution in [-0.4, -0.2) is 48.9 Å². The highest BCUT2D eigenvalue weighted by Gasteiger charge is 2.27. The van der Waals surface area contributed by atoms with Gasteiger partial charge in [0.1, 0.15) is 0 Å². The number of hydrogen-bond donors (Lipinski definition) is 2. The molecule has 0 aromatic heterocycles. The van der Waals surface area contributed by atoms with E-state index >= 15 is 0 Å². The Hall–Kier alpha value is -1.10. The maximum atomic E-state index is 12.1. The first kappa shape index (κ1) is 20.9. The Morgan fingerprint density at radius 1 is 1.04 bits per heavy atom. The molecule has 0 aromatic rings. The topological polar surface area (TPSA) is 61.4 Å². The lowest BCUT2D eigenvalue weighted by molar-refractivity contribution is -0.127. The molecule has 0 heterocycles. The number of carbonyl (C=O) groups excluding carboxylic acids is 2. The number of nitrogens with zero attached hydrogens (tertiary/aromatic N) is 1. The van der Waals surface area contributed by atoms with Gasteiger partial charge in [0, 0.05) is 25.4 Å². The minimum absolute atomic E-state index is 0.0132. The quantitative estimate of drug-likeness (QED) is 0.601. The molecule has 0 saturated heterocycles. The third-order valence-corrected chi connectivity index (χ3v) is 5.50. The van der Waals surface area contributed by atoms with Crippen molar-refractivity contribution in [3.8, 4) is 0 Å². The van der Waals surface area contributed by atoms with Crippen LogP contribution in [-0.2, 0) is 9.59 Å². The zero-order valence-corrected chi connectivity index (χ0v) is 16.1. The Kier molecular flexibility index (Phi) is 9.99. The number of rotatable bonds is 10. The van der Waals surface area contributed by atoms with Crippen LogP contribution in [0.3, 0.4) is 0 Å². The molecular weight excluding hydrogens is 302 g/mol. The van der Waals surface area contributed by atoms with Crippen molar-refractivity contribution in [2.75, 3.05) is 26.2 Å². The lowest BCUT2D eigenvalue weighted by Gasteiger charge is -2.34. The van der Waals surface area contributed by atoms with Gasteiger partial charge in [0.05, 0.1) is 0 Å². The molecule has 2 amide bonds. The summed E-state index contributed by atoms with van der Waals surface area (Å²) < 4.78 is 0. The first-order valence-corrected chi connectivity index (χ1v) is 9.76. The Bertz CT molecular complexity index is 383. The van der Waals surface area contributed by atoms with Crippen molar-refractivity contribution in [2.24, 2.45) is 11.8 Å². The molecule has 24 heavy (non-hydrogen) atoms. The monoisotopic (exact) mass is 339 g/mol. The molecule has 5 heteroatoms. The van der Waals surface area contributed by atoms with Crippen LogP contribution in [0, 0.1) is 11.8 Å². The summed E-state index contributed by atoms with van der Waals surface area (Å²) in [5, 5.41) is 6.04. The van der Waals surface area contributed by atoms with E-state index in [-0.39, 0.29) is 24.3 Å². The van der Waals surface area contributed by atoms with E-state index in [1.54, 1.807) is 0 Å². The summed E-state index contributed by atoms with van der Waals surface area (Å²) in [7, 11) is 0. The van der Waals surface area contributed by atoms with Gasteiger partial charge in [-0.15, -0.1) is 0 Å². The minimum atomic E-state index is -0.0187. The second-order valence-corrected chi connectivity index (χ2v) is 7.17. The summed E-state index contributed by atoms with van der Waals surface area (Å²) in [6, 6.07) is 0.276. The van der Waals surface area contributed by atoms with Gasteiger partial charge in [0.25, 0.3) is 0 Å². The zero-order valence-electron chi connectivity index (χ0n) is 16.1. The molecule has 2 N–H and O–H groups in total. The van der Waals surface area contributed by atoms with Gasteiger partial charge in [-0.3, -0.25) is 9.59 Å². The van der Waals surface area contributed by atoms with Gasteiger partial charge in [-0.05, 0) is 44.3 Å². The molecule has 0 bridgehead atoms. The molecular formula is C19H37N3O2. The summed E-state index contributed by atoms with van der Waals surface area (Å²) >= 11 is 0. The van der Waals surface area contributed by atoms with Crippen molar-refractivity contribution < 1.29 is 9.59 Å². The van der Waals surface area contributed by atoms with E-state index in [2.05, 4.69) is 43.2 Å². The van der Waals surface area contributed by atoms with Gasteiger partial charge < -0.3 is 15.5 Å². The van der Waals surface area contributed by atoms with Crippen molar-refractivity contribution in [3.63, 3.8) is 0 Å². The lowest BCUT2D eigenvalue weighted by atomic mass is 9.78. The summed E-state index contributed by atoms with van der Waals surface area (Å²) in [6.07, 6.45) is 5.03. The van der Waals surface area contributed by atoms with E-state index < -0.39 is 0 Å². The van der Waals surface area contributed by atoms with Gasteiger partial charge in [-0.1, -0.05) is 40.5 Å². The van der Waals surface area contributed by atoms with Crippen molar-refractivity contribution in [2.45, 2.75) is 72.3 Å². The Morgan fingerprint density at radius 3 is 2.38 bits per heavy atom. The van der Waals surface area contributed by atoms with Crippen molar-refractivity contribution >= 4 is 11.8 Å². The summed E-state index contributed by atoms with van der Waals surface area (Å²) in [5.41, 5.74) is 0.